The molecule has 0 radical (unpaired) electrons. The standard InChI is InChI=1S/C20H38N2O3/c1-5-7-9-15-25-16-10-8-12-20(3,4)13-11-14-22-18(23)17-21(6-2)19(22)24/h5-17H2,1-4H3. The molecule has 25 heavy (non-hydrogen) atoms. The zero-order valence-corrected chi connectivity index (χ0v) is 16.8. The highest BCUT2D eigenvalue weighted by Gasteiger charge is 2.34. The first-order chi connectivity index (χ1) is 11.9. The van der Waals surface area contributed by atoms with E-state index in [1.165, 1.54) is 30.6 Å². The predicted molar refractivity (Wildman–Crippen MR) is 102 cm³/mol. The van der Waals surface area contributed by atoms with E-state index >= 15 is 0 Å². The molecule has 1 fully saturated rings. The monoisotopic (exact) mass is 354 g/mol. The molecule has 0 saturated carbocycles. The van der Waals surface area contributed by atoms with Crippen LogP contribution in [0.2, 0.25) is 0 Å². The third kappa shape index (κ3) is 8.21. The smallest absolute Gasteiger partial charge is 0.327 e. The summed E-state index contributed by atoms with van der Waals surface area (Å²) in [7, 11) is 0. The van der Waals surface area contributed by atoms with Gasteiger partial charge in [0.1, 0.15) is 6.54 Å². The average molecular weight is 355 g/mol. The van der Waals surface area contributed by atoms with Crippen LogP contribution in [0.4, 0.5) is 4.79 Å². The second-order valence-corrected chi connectivity index (χ2v) is 7.89. The summed E-state index contributed by atoms with van der Waals surface area (Å²) in [5, 5.41) is 0. The van der Waals surface area contributed by atoms with Crippen molar-refractivity contribution in [2.45, 2.75) is 79.1 Å². The predicted octanol–water partition coefficient (Wildman–Crippen LogP) is 4.45. The van der Waals surface area contributed by atoms with E-state index in [-0.39, 0.29) is 23.9 Å². The zero-order chi connectivity index (χ0) is 18.7. The third-order valence-corrected chi connectivity index (χ3v) is 5.03. The molecular weight excluding hydrogens is 316 g/mol. The topological polar surface area (TPSA) is 49.9 Å². The van der Waals surface area contributed by atoms with E-state index in [9.17, 15) is 9.59 Å². The van der Waals surface area contributed by atoms with E-state index in [2.05, 4.69) is 20.8 Å². The summed E-state index contributed by atoms with van der Waals surface area (Å²) in [6, 6.07) is -0.120. The van der Waals surface area contributed by atoms with Gasteiger partial charge in [0.15, 0.2) is 0 Å². The molecule has 3 amide bonds. The van der Waals surface area contributed by atoms with Gasteiger partial charge in [0.05, 0.1) is 0 Å². The van der Waals surface area contributed by atoms with Gasteiger partial charge in [-0.25, -0.2) is 4.79 Å². The van der Waals surface area contributed by atoms with Gasteiger partial charge in [-0.2, -0.15) is 0 Å². The van der Waals surface area contributed by atoms with Crippen molar-refractivity contribution in [1.82, 2.24) is 9.80 Å². The summed E-state index contributed by atoms with van der Waals surface area (Å²) in [6.45, 7) is 11.8. The van der Waals surface area contributed by atoms with Crippen LogP contribution in [0, 0.1) is 5.41 Å². The molecule has 1 aliphatic heterocycles. The number of carbonyl (C=O) groups excluding carboxylic acids is 2. The molecule has 0 spiro atoms. The number of unbranched alkanes of at least 4 members (excludes halogenated alkanes) is 3. The molecular formula is C20H38N2O3. The highest BCUT2D eigenvalue weighted by Crippen LogP contribution is 2.29. The van der Waals surface area contributed by atoms with Crippen LogP contribution in [0.15, 0.2) is 0 Å². The Bertz CT molecular complexity index is 410. The van der Waals surface area contributed by atoms with Gasteiger partial charge < -0.3 is 9.64 Å². The molecule has 5 heteroatoms. The highest BCUT2D eigenvalue weighted by molar-refractivity contribution is 6.01. The molecule has 146 valence electrons. The normalized spacial score (nSPS) is 15.5. The van der Waals surface area contributed by atoms with Crippen LogP contribution in [0.1, 0.15) is 79.1 Å². The zero-order valence-electron chi connectivity index (χ0n) is 16.8. The van der Waals surface area contributed by atoms with Gasteiger partial charge >= 0.3 is 6.03 Å². The number of rotatable bonds is 14. The van der Waals surface area contributed by atoms with E-state index < -0.39 is 0 Å². The molecule has 1 rings (SSSR count). The first-order valence-electron chi connectivity index (χ1n) is 10.1. The van der Waals surface area contributed by atoms with E-state index in [4.69, 9.17) is 4.74 Å². The molecule has 1 aliphatic rings. The summed E-state index contributed by atoms with van der Waals surface area (Å²) in [5.74, 6) is -0.0510. The largest absolute Gasteiger partial charge is 0.381 e. The van der Waals surface area contributed by atoms with Crippen LogP contribution in [-0.4, -0.2) is 54.6 Å². The van der Waals surface area contributed by atoms with E-state index in [1.807, 2.05) is 6.92 Å². The minimum Gasteiger partial charge on any atom is -0.381 e. The van der Waals surface area contributed by atoms with E-state index in [0.717, 1.165) is 38.9 Å². The average Bonchev–Trinajstić information content (AvgIpc) is 2.84. The molecule has 0 bridgehead atoms. The van der Waals surface area contributed by atoms with Gasteiger partial charge in [0, 0.05) is 26.3 Å². The number of hydrogen-bond donors (Lipinski definition) is 0. The lowest BCUT2D eigenvalue weighted by Crippen LogP contribution is -2.34. The van der Waals surface area contributed by atoms with Crippen molar-refractivity contribution in [3.63, 3.8) is 0 Å². The van der Waals surface area contributed by atoms with Crippen molar-refractivity contribution < 1.29 is 14.3 Å². The molecule has 1 heterocycles. The van der Waals surface area contributed by atoms with Gasteiger partial charge in [-0.15, -0.1) is 0 Å². The highest BCUT2D eigenvalue weighted by atomic mass is 16.5. The quantitative estimate of drug-likeness (QED) is 0.342. The molecule has 0 aliphatic carbocycles. The summed E-state index contributed by atoms with van der Waals surface area (Å²) >= 11 is 0. The number of likely N-dealkylation sites (N-methyl/N-ethyl adjacent to an activating group) is 1. The Morgan fingerprint density at radius 2 is 1.60 bits per heavy atom. The van der Waals surface area contributed by atoms with Crippen LogP contribution >= 0.6 is 0 Å². The number of nitrogens with zero attached hydrogens (tertiary/aromatic N) is 2. The van der Waals surface area contributed by atoms with E-state index in [0.29, 0.717) is 13.1 Å². The first-order valence-corrected chi connectivity index (χ1v) is 10.1. The Balaban J connectivity index is 2.12. The van der Waals surface area contributed by atoms with Crippen LogP contribution < -0.4 is 0 Å². The number of ether oxygens (including phenoxy) is 1. The minimum absolute atomic E-state index is 0.0510. The third-order valence-electron chi connectivity index (χ3n) is 5.03. The molecule has 0 unspecified atom stereocenters. The maximum Gasteiger partial charge on any atom is 0.327 e. The summed E-state index contributed by atoms with van der Waals surface area (Å²) < 4.78 is 5.66. The minimum atomic E-state index is -0.120. The number of imide groups is 1. The molecule has 1 saturated heterocycles. The number of urea groups is 1. The van der Waals surface area contributed by atoms with Gasteiger partial charge in [-0.3, -0.25) is 9.69 Å². The molecule has 0 N–H and O–H groups in total. The van der Waals surface area contributed by atoms with Crippen molar-refractivity contribution in [2.24, 2.45) is 5.41 Å². The van der Waals surface area contributed by atoms with Gasteiger partial charge in [0.2, 0.25) is 5.91 Å². The molecule has 0 aromatic rings. The summed E-state index contributed by atoms with van der Waals surface area (Å²) in [6.07, 6.45) is 9.03. The molecule has 5 nitrogen and oxygen atoms in total. The van der Waals surface area contributed by atoms with Crippen LogP contribution in [-0.2, 0) is 9.53 Å². The Hall–Kier alpha value is -1.10. The second kappa shape index (κ2) is 11.5. The fourth-order valence-electron chi connectivity index (χ4n) is 3.27. The summed E-state index contributed by atoms with van der Waals surface area (Å²) in [4.78, 5) is 27.0. The Morgan fingerprint density at radius 1 is 0.960 bits per heavy atom. The lowest BCUT2D eigenvalue weighted by atomic mass is 9.82. The maximum atomic E-state index is 12.1. The van der Waals surface area contributed by atoms with Crippen molar-refractivity contribution in [1.29, 1.82) is 0 Å². The van der Waals surface area contributed by atoms with Crippen LogP contribution in [0.3, 0.4) is 0 Å². The van der Waals surface area contributed by atoms with Crippen molar-refractivity contribution in [3.8, 4) is 0 Å². The fraction of sp³-hybridized carbons (Fsp3) is 0.900. The number of amides is 3. The van der Waals surface area contributed by atoms with Crippen molar-refractivity contribution in [2.75, 3.05) is 32.8 Å². The first kappa shape index (κ1) is 21.9. The van der Waals surface area contributed by atoms with Gasteiger partial charge in [-0.05, 0) is 44.4 Å². The Morgan fingerprint density at radius 3 is 2.20 bits per heavy atom. The molecule has 0 aromatic heterocycles. The lowest BCUT2D eigenvalue weighted by molar-refractivity contribution is -0.125. The van der Waals surface area contributed by atoms with Gasteiger partial charge in [-0.1, -0.05) is 40.0 Å². The fourth-order valence-corrected chi connectivity index (χ4v) is 3.27. The second-order valence-electron chi connectivity index (χ2n) is 7.89. The van der Waals surface area contributed by atoms with Gasteiger partial charge in [0.25, 0.3) is 0 Å². The lowest BCUT2D eigenvalue weighted by Gasteiger charge is -2.25. The number of hydrogen-bond acceptors (Lipinski definition) is 3. The van der Waals surface area contributed by atoms with Crippen LogP contribution in [0.25, 0.3) is 0 Å². The maximum absolute atomic E-state index is 12.1. The van der Waals surface area contributed by atoms with Crippen LogP contribution in [0.5, 0.6) is 0 Å². The SMILES string of the molecule is CCCCCOCCCCC(C)(C)CCCN1C(=O)CN(CC)C1=O. The molecule has 0 atom stereocenters. The number of carbonyl (C=O) groups is 2. The Kier molecular flexibility index (Phi) is 10.1. The summed E-state index contributed by atoms with van der Waals surface area (Å²) in [5.41, 5.74) is 0.248. The Labute approximate surface area is 154 Å². The van der Waals surface area contributed by atoms with E-state index in [1.54, 1.807) is 4.90 Å². The van der Waals surface area contributed by atoms with Crippen molar-refractivity contribution >= 4 is 11.9 Å². The molecule has 0 aromatic carbocycles. The van der Waals surface area contributed by atoms with Crippen molar-refractivity contribution in [3.05, 3.63) is 0 Å².